The van der Waals surface area contributed by atoms with Crippen LogP contribution in [0.25, 0.3) is 10.9 Å². The number of para-hydroxylation sites is 1. The zero-order valence-corrected chi connectivity index (χ0v) is 24.3. The minimum Gasteiger partial charge on any atom is -0.480 e. The van der Waals surface area contributed by atoms with E-state index in [-0.39, 0.29) is 25.2 Å². The number of aromatic nitrogens is 3. The van der Waals surface area contributed by atoms with E-state index in [1.165, 1.54) is 24.3 Å². The lowest BCUT2D eigenvalue weighted by Gasteiger charge is -2.26. The van der Waals surface area contributed by atoms with Gasteiger partial charge in [-0.15, -0.1) is 0 Å². The number of nitrogens with two attached hydrogens (primary N) is 1. The second kappa shape index (κ2) is 15.2. The Hall–Kier alpha value is -3.84. The molecule has 12 nitrogen and oxygen atoms in total. The summed E-state index contributed by atoms with van der Waals surface area (Å²) in [6.45, 7) is 3.79. The van der Waals surface area contributed by atoms with Gasteiger partial charge < -0.3 is 36.8 Å². The number of nitrogens with zero attached hydrogens (tertiary/aromatic N) is 1. The van der Waals surface area contributed by atoms with Gasteiger partial charge in [-0.2, -0.15) is 11.8 Å². The molecule has 0 bridgehead atoms. The summed E-state index contributed by atoms with van der Waals surface area (Å²) in [7, 11) is 0. The average molecular weight is 586 g/mol. The first-order chi connectivity index (χ1) is 19.6. The summed E-state index contributed by atoms with van der Waals surface area (Å²) in [5, 5.41) is 18.6. The van der Waals surface area contributed by atoms with Crippen LogP contribution in [0.5, 0.6) is 0 Å². The number of aliphatic carboxylic acids is 1. The van der Waals surface area contributed by atoms with Crippen LogP contribution in [0.1, 0.15) is 37.9 Å². The zero-order valence-electron chi connectivity index (χ0n) is 23.5. The SMILES string of the molecule is CCC(C)C(N)C(=O)NC(Cc1c[nH]c2ccccc12)C(=O)NC(Cc1cnc[nH]1)C(=O)NC(CCSC)C(=O)O. The number of aromatic amines is 2. The predicted octanol–water partition coefficient (Wildman–Crippen LogP) is 1.34. The van der Waals surface area contributed by atoms with Crippen LogP contribution in [0.15, 0.2) is 43.0 Å². The Bertz CT molecular complexity index is 1310. The van der Waals surface area contributed by atoms with Crippen LogP contribution in [0.2, 0.25) is 0 Å². The fourth-order valence-corrected chi connectivity index (χ4v) is 4.84. The molecule has 3 rings (SSSR count). The van der Waals surface area contributed by atoms with Gasteiger partial charge in [-0.25, -0.2) is 9.78 Å². The normalized spacial score (nSPS) is 14.9. The van der Waals surface area contributed by atoms with Crippen molar-refractivity contribution in [2.24, 2.45) is 11.7 Å². The molecular weight excluding hydrogens is 546 g/mol. The summed E-state index contributed by atoms with van der Waals surface area (Å²) in [6.07, 6.45) is 7.67. The third kappa shape index (κ3) is 8.82. The molecule has 3 aromatic rings. The molecule has 13 heteroatoms. The van der Waals surface area contributed by atoms with E-state index in [0.29, 0.717) is 17.9 Å². The van der Waals surface area contributed by atoms with Crippen molar-refractivity contribution in [2.45, 2.75) is 63.7 Å². The minimum absolute atomic E-state index is 0.0343. The summed E-state index contributed by atoms with van der Waals surface area (Å²) in [6, 6.07) is 3.46. The highest BCUT2D eigenvalue weighted by Gasteiger charge is 2.32. The third-order valence-electron chi connectivity index (χ3n) is 7.13. The van der Waals surface area contributed by atoms with E-state index in [1.54, 1.807) is 6.20 Å². The fourth-order valence-electron chi connectivity index (χ4n) is 4.37. The zero-order chi connectivity index (χ0) is 29.9. The lowest BCUT2D eigenvalue weighted by molar-refractivity contribution is -0.142. The highest BCUT2D eigenvalue weighted by Crippen LogP contribution is 2.19. The number of carbonyl (C=O) groups excluding carboxylic acids is 3. The van der Waals surface area contributed by atoms with Crippen molar-refractivity contribution in [1.29, 1.82) is 0 Å². The number of nitrogens with one attached hydrogen (secondary N) is 5. The molecule has 0 aliphatic carbocycles. The first-order valence-corrected chi connectivity index (χ1v) is 14.9. The molecular formula is C28H39N7O5S. The summed E-state index contributed by atoms with van der Waals surface area (Å²) in [4.78, 5) is 61.9. The third-order valence-corrected chi connectivity index (χ3v) is 7.77. The number of hydrogen-bond acceptors (Lipinski definition) is 7. The molecule has 2 heterocycles. The summed E-state index contributed by atoms with van der Waals surface area (Å²) >= 11 is 1.46. The van der Waals surface area contributed by atoms with E-state index >= 15 is 0 Å². The van der Waals surface area contributed by atoms with Gasteiger partial charge >= 0.3 is 5.97 Å². The van der Waals surface area contributed by atoms with Gasteiger partial charge in [0.2, 0.25) is 17.7 Å². The van der Waals surface area contributed by atoms with Gasteiger partial charge in [0.15, 0.2) is 0 Å². The van der Waals surface area contributed by atoms with E-state index in [4.69, 9.17) is 5.73 Å². The molecule has 0 spiro atoms. The van der Waals surface area contributed by atoms with Crippen molar-refractivity contribution >= 4 is 46.4 Å². The van der Waals surface area contributed by atoms with E-state index in [1.807, 2.05) is 44.4 Å². The fraction of sp³-hybridized carbons (Fsp3) is 0.464. The molecule has 41 heavy (non-hydrogen) atoms. The molecule has 222 valence electrons. The molecule has 5 atom stereocenters. The molecule has 0 fully saturated rings. The van der Waals surface area contributed by atoms with Gasteiger partial charge in [-0.05, 0) is 36.0 Å². The maximum absolute atomic E-state index is 13.7. The minimum atomic E-state index is -1.16. The molecule has 2 aromatic heterocycles. The molecule has 0 aliphatic heterocycles. The number of rotatable bonds is 16. The van der Waals surface area contributed by atoms with Crippen molar-refractivity contribution in [2.75, 3.05) is 12.0 Å². The van der Waals surface area contributed by atoms with Crippen LogP contribution >= 0.6 is 11.8 Å². The number of imidazole rings is 1. The second-order valence-electron chi connectivity index (χ2n) is 10.1. The van der Waals surface area contributed by atoms with Gasteiger partial charge in [-0.1, -0.05) is 38.5 Å². The lowest BCUT2D eigenvalue weighted by Crippen LogP contribution is -2.58. The molecule has 3 amide bonds. The summed E-state index contributed by atoms with van der Waals surface area (Å²) < 4.78 is 0. The van der Waals surface area contributed by atoms with Crippen LogP contribution in [-0.2, 0) is 32.0 Å². The number of amides is 3. The number of carboxylic acid groups (broad SMARTS) is 1. The second-order valence-corrected chi connectivity index (χ2v) is 11.0. The van der Waals surface area contributed by atoms with Crippen LogP contribution in [0.3, 0.4) is 0 Å². The van der Waals surface area contributed by atoms with Gasteiger partial charge in [0.25, 0.3) is 0 Å². The van der Waals surface area contributed by atoms with E-state index in [0.717, 1.165) is 16.5 Å². The highest BCUT2D eigenvalue weighted by molar-refractivity contribution is 7.98. The number of carbonyl (C=O) groups is 4. The van der Waals surface area contributed by atoms with Crippen molar-refractivity contribution < 1.29 is 24.3 Å². The summed E-state index contributed by atoms with van der Waals surface area (Å²) in [5.41, 5.74) is 8.41. The van der Waals surface area contributed by atoms with Gasteiger partial charge in [0.1, 0.15) is 18.1 Å². The largest absolute Gasteiger partial charge is 0.480 e. The maximum atomic E-state index is 13.7. The predicted molar refractivity (Wildman–Crippen MR) is 158 cm³/mol. The Morgan fingerprint density at radius 1 is 1.00 bits per heavy atom. The van der Waals surface area contributed by atoms with Crippen LogP contribution in [0, 0.1) is 5.92 Å². The smallest absolute Gasteiger partial charge is 0.326 e. The highest BCUT2D eigenvalue weighted by atomic mass is 32.2. The van der Waals surface area contributed by atoms with Crippen molar-refractivity contribution in [3.8, 4) is 0 Å². The molecule has 0 radical (unpaired) electrons. The maximum Gasteiger partial charge on any atom is 0.326 e. The van der Waals surface area contributed by atoms with Crippen LogP contribution in [0.4, 0.5) is 0 Å². The number of hydrogen-bond donors (Lipinski definition) is 7. The Labute approximate surface area is 243 Å². The van der Waals surface area contributed by atoms with Gasteiger partial charge in [0.05, 0.1) is 12.4 Å². The number of carboxylic acids is 1. The summed E-state index contributed by atoms with van der Waals surface area (Å²) in [5.74, 6) is -2.48. The average Bonchev–Trinajstić information content (AvgIpc) is 3.63. The first-order valence-electron chi connectivity index (χ1n) is 13.5. The van der Waals surface area contributed by atoms with Crippen LogP contribution in [-0.4, -0.2) is 79.9 Å². The van der Waals surface area contributed by atoms with E-state index in [2.05, 4.69) is 30.9 Å². The molecule has 0 saturated heterocycles. The molecule has 5 unspecified atom stereocenters. The van der Waals surface area contributed by atoms with Gasteiger partial charge in [-0.3, -0.25) is 14.4 Å². The van der Waals surface area contributed by atoms with Gasteiger partial charge in [0, 0.05) is 41.8 Å². The molecule has 1 aromatic carbocycles. The van der Waals surface area contributed by atoms with Crippen molar-refractivity contribution in [3.05, 3.63) is 54.2 Å². The number of thioether (sulfide) groups is 1. The van der Waals surface area contributed by atoms with E-state index in [9.17, 15) is 24.3 Å². The molecule has 0 saturated carbocycles. The number of fused-ring (bicyclic) bond motifs is 1. The standard InChI is InChI=1S/C28H39N7O5S/c1-4-16(2)24(29)27(38)35-22(11-17-13-31-20-8-6-5-7-19(17)20)25(36)34-23(12-18-14-30-15-32-18)26(37)33-21(28(39)40)9-10-41-3/h5-8,13-16,21-24,31H,4,9-12,29H2,1-3H3,(H,30,32)(H,33,37)(H,34,36)(H,35,38)(H,39,40). The Morgan fingerprint density at radius 3 is 2.29 bits per heavy atom. The number of benzene rings is 1. The molecule has 0 aliphatic rings. The number of H-pyrrole nitrogens is 2. The Balaban J connectivity index is 1.87. The lowest BCUT2D eigenvalue weighted by atomic mass is 9.98. The Morgan fingerprint density at radius 2 is 1.66 bits per heavy atom. The van der Waals surface area contributed by atoms with Crippen LogP contribution < -0.4 is 21.7 Å². The Kier molecular flexibility index (Phi) is 11.8. The first kappa shape index (κ1) is 31.7. The van der Waals surface area contributed by atoms with Crippen molar-refractivity contribution in [1.82, 2.24) is 30.9 Å². The monoisotopic (exact) mass is 585 g/mol. The topological polar surface area (TPSA) is 195 Å². The van der Waals surface area contributed by atoms with Crippen molar-refractivity contribution in [3.63, 3.8) is 0 Å². The molecule has 8 N–H and O–H groups in total. The van der Waals surface area contributed by atoms with E-state index < -0.39 is 47.9 Å². The quantitative estimate of drug-likeness (QED) is 0.131.